The molecule has 0 aliphatic heterocycles. The summed E-state index contributed by atoms with van der Waals surface area (Å²) >= 11 is 0. The minimum Gasteiger partial charge on any atom is -0.493 e. The summed E-state index contributed by atoms with van der Waals surface area (Å²) in [4.78, 5) is 12.2. The van der Waals surface area contributed by atoms with Crippen molar-refractivity contribution < 1.29 is 19.0 Å². The molecule has 2 aliphatic carbocycles. The van der Waals surface area contributed by atoms with Crippen molar-refractivity contribution in [2.24, 2.45) is 5.41 Å². The molecule has 22 heavy (non-hydrogen) atoms. The fraction of sp³-hybridized carbons (Fsp3) is 0.389. The van der Waals surface area contributed by atoms with E-state index in [1.165, 1.54) is 12.7 Å². The van der Waals surface area contributed by atoms with Crippen LogP contribution >= 0.6 is 0 Å². The highest BCUT2D eigenvalue weighted by Gasteiger charge is 2.38. The molecule has 116 valence electrons. The molecule has 0 radical (unpaired) electrons. The minimum absolute atomic E-state index is 0.0855. The quantitative estimate of drug-likeness (QED) is 0.860. The molecule has 1 aromatic rings. The molecule has 0 saturated heterocycles. The number of carbonyl (C=O) groups excluding carboxylic acids is 1. The van der Waals surface area contributed by atoms with E-state index in [4.69, 9.17) is 14.2 Å². The summed E-state index contributed by atoms with van der Waals surface area (Å²) in [6.07, 6.45) is 5.50. The molecule has 0 fully saturated rings. The predicted octanol–water partition coefficient (Wildman–Crippen LogP) is 3.15. The normalized spacial score (nSPS) is 23.0. The number of hydrogen-bond acceptors (Lipinski definition) is 4. The van der Waals surface area contributed by atoms with Crippen LogP contribution in [0.5, 0.6) is 11.5 Å². The van der Waals surface area contributed by atoms with E-state index < -0.39 is 0 Å². The van der Waals surface area contributed by atoms with Crippen molar-refractivity contribution in [3.05, 3.63) is 41.2 Å². The zero-order valence-electron chi connectivity index (χ0n) is 13.4. The van der Waals surface area contributed by atoms with Crippen LogP contribution in [0, 0.1) is 5.41 Å². The molecule has 4 heteroatoms. The van der Waals surface area contributed by atoms with E-state index in [1.54, 1.807) is 20.3 Å². The fourth-order valence-corrected chi connectivity index (χ4v) is 3.33. The molecule has 1 atom stereocenters. The summed E-state index contributed by atoms with van der Waals surface area (Å²) in [6.45, 7) is 2.14. The summed E-state index contributed by atoms with van der Waals surface area (Å²) in [5.41, 5.74) is 3.08. The van der Waals surface area contributed by atoms with Gasteiger partial charge in [0.1, 0.15) is 0 Å². The van der Waals surface area contributed by atoms with E-state index in [0.717, 1.165) is 29.7 Å². The van der Waals surface area contributed by atoms with Crippen molar-refractivity contribution in [2.75, 3.05) is 21.3 Å². The third kappa shape index (κ3) is 2.10. The van der Waals surface area contributed by atoms with Crippen molar-refractivity contribution in [1.29, 1.82) is 0 Å². The number of ether oxygens (including phenoxy) is 3. The lowest BCUT2D eigenvalue weighted by Gasteiger charge is -2.38. The molecule has 4 nitrogen and oxygen atoms in total. The molecule has 0 aromatic heterocycles. The number of aryl methyl sites for hydroxylation is 1. The number of ketones is 1. The Morgan fingerprint density at radius 2 is 1.73 bits per heavy atom. The zero-order chi connectivity index (χ0) is 15.9. The first-order valence-corrected chi connectivity index (χ1v) is 7.31. The Morgan fingerprint density at radius 3 is 2.36 bits per heavy atom. The van der Waals surface area contributed by atoms with Gasteiger partial charge in [-0.05, 0) is 53.8 Å². The van der Waals surface area contributed by atoms with Crippen molar-refractivity contribution in [1.82, 2.24) is 0 Å². The maximum Gasteiger partial charge on any atom is 0.220 e. The Labute approximate surface area is 130 Å². The second kappa shape index (κ2) is 5.20. The SMILES string of the molecule is COC1=CC2(C)CCc3cc(OC)c(OC)cc3C2=CC1=O. The number of rotatable bonds is 3. The van der Waals surface area contributed by atoms with Crippen molar-refractivity contribution in [3.63, 3.8) is 0 Å². The lowest BCUT2D eigenvalue weighted by molar-refractivity contribution is -0.114. The first kappa shape index (κ1) is 14.7. The van der Waals surface area contributed by atoms with Gasteiger partial charge in [-0.3, -0.25) is 4.79 Å². The van der Waals surface area contributed by atoms with Crippen LogP contribution in [0.2, 0.25) is 0 Å². The number of fused-ring (bicyclic) bond motifs is 3. The van der Waals surface area contributed by atoms with Gasteiger partial charge in [-0.1, -0.05) is 6.92 Å². The van der Waals surface area contributed by atoms with Gasteiger partial charge in [-0.15, -0.1) is 0 Å². The standard InChI is InChI=1S/C18H20O4/c1-18-6-5-11-7-15(20-2)16(21-3)8-12(11)13(18)9-14(19)17(10-18)22-4/h7-10H,5-6H2,1-4H3. The average molecular weight is 300 g/mol. The van der Waals surface area contributed by atoms with Crippen LogP contribution in [0.25, 0.3) is 5.57 Å². The smallest absolute Gasteiger partial charge is 0.220 e. The lowest BCUT2D eigenvalue weighted by atomic mass is 9.66. The first-order valence-electron chi connectivity index (χ1n) is 7.31. The number of hydrogen-bond donors (Lipinski definition) is 0. The van der Waals surface area contributed by atoms with Crippen molar-refractivity contribution in [3.8, 4) is 11.5 Å². The molecule has 3 rings (SSSR count). The summed E-state index contributed by atoms with van der Waals surface area (Å²) in [5, 5.41) is 0. The van der Waals surface area contributed by atoms with Gasteiger partial charge >= 0.3 is 0 Å². The van der Waals surface area contributed by atoms with E-state index in [-0.39, 0.29) is 11.2 Å². The highest BCUT2D eigenvalue weighted by molar-refractivity contribution is 6.10. The average Bonchev–Trinajstić information content (AvgIpc) is 2.53. The van der Waals surface area contributed by atoms with Gasteiger partial charge < -0.3 is 14.2 Å². The molecule has 1 aromatic carbocycles. The lowest BCUT2D eigenvalue weighted by Crippen LogP contribution is -2.28. The van der Waals surface area contributed by atoms with Crippen LogP contribution in [0.15, 0.2) is 30.0 Å². The molecule has 0 heterocycles. The molecule has 0 bridgehead atoms. The maximum absolute atomic E-state index is 12.2. The fourth-order valence-electron chi connectivity index (χ4n) is 3.33. The molecule has 0 N–H and O–H groups in total. The van der Waals surface area contributed by atoms with Gasteiger partial charge in [-0.25, -0.2) is 0 Å². The van der Waals surface area contributed by atoms with E-state index in [0.29, 0.717) is 11.5 Å². The molecule has 1 unspecified atom stereocenters. The number of benzene rings is 1. The van der Waals surface area contributed by atoms with Crippen LogP contribution in [-0.4, -0.2) is 27.1 Å². The molecule has 0 amide bonds. The van der Waals surface area contributed by atoms with Crippen LogP contribution in [-0.2, 0) is 16.0 Å². The summed E-state index contributed by atoms with van der Waals surface area (Å²) in [6, 6.07) is 3.98. The highest BCUT2D eigenvalue weighted by Crippen LogP contribution is 2.50. The molecular weight excluding hydrogens is 280 g/mol. The van der Waals surface area contributed by atoms with E-state index in [9.17, 15) is 4.79 Å². The zero-order valence-corrected chi connectivity index (χ0v) is 13.4. The maximum atomic E-state index is 12.2. The van der Waals surface area contributed by atoms with Gasteiger partial charge in [0.05, 0.1) is 21.3 Å². The minimum atomic E-state index is -0.189. The van der Waals surface area contributed by atoms with Gasteiger partial charge in [0.2, 0.25) is 5.78 Å². The Balaban J connectivity index is 2.16. The molecule has 0 saturated carbocycles. The molecule has 0 spiro atoms. The summed E-state index contributed by atoms with van der Waals surface area (Å²) in [7, 11) is 4.79. The first-order chi connectivity index (χ1) is 10.5. The number of allylic oxidation sites excluding steroid dienone is 3. The summed E-state index contributed by atoms with van der Waals surface area (Å²) < 4.78 is 16.0. The van der Waals surface area contributed by atoms with Gasteiger partial charge in [0.25, 0.3) is 0 Å². The predicted molar refractivity (Wildman–Crippen MR) is 84.1 cm³/mol. The van der Waals surface area contributed by atoms with E-state index in [2.05, 4.69) is 6.92 Å². The Morgan fingerprint density at radius 1 is 1.05 bits per heavy atom. The third-order valence-corrected chi connectivity index (χ3v) is 4.62. The highest BCUT2D eigenvalue weighted by atomic mass is 16.5. The van der Waals surface area contributed by atoms with Crippen molar-refractivity contribution >= 4 is 11.4 Å². The van der Waals surface area contributed by atoms with Crippen LogP contribution in [0.4, 0.5) is 0 Å². The van der Waals surface area contributed by atoms with Crippen LogP contribution < -0.4 is 9.47 Å². The Hall–Kier alpha value is -2.23. The molecule has 2 aliphatic rings. The van der Waals surface area contributed by atoms with Crippen LogP contribution in [0.1, 0.15) is 24.5 Å². The van der Waals surface area contributed by atoms with E-state index >= 15 is 0 Å². The second-order valence-corrected chi connectivity index (χ2v) is 5.92. The molecular formula is C18H20O4. The number of carbonyl (C=O) groups is 1. The van der Waals surface area contributed by atoms with Gasteiger partial charge in [0, 0.05) is 5.41 Å². The third-order valence-electron chi connectivity index (χ3n) is 4.62. The van der Waals surface area contributed by atoms with Gasteiger partial charge in [-0.2, -0.15) is 0 Å². The van der Waals surface area contributed by atoms with Crippen LogP contribution in [0.3, 0.4) is 0 Å². The second-order valence-electron chi connectivity index (χ2n) is 5.92. The number of methoxy groups -OCH3 is 3. The monoisotopic (exact) mass is 300 g/mol. The summed E-state index contributed by atoms with van der Waals surface area (Å²) in [5.74, 6) is 1.74. The van der Waals surface area contributed by atoms with Crippen molar-refractivity contribution in [2.45, 2.75) is 19.8 Å². The Bertz CT molecular complexity index is 699. The van der Waals surface area contributed by atoms with E-state index in [1.807, 2.05) is 18.2 Å². The Kier molecular flexibility index (Phi) is 3.47. The largest absolute Gasteiger partial charge is 0.493 e. The van der Waals surface area contributed by atoms with Gasteiger partial charge in [0.15, 0.2) is 17.3 Å². The topological polar surface area (TPSA) is 44.8 Å².